The van der Waals surface area contributed by atoms with E-state index in [1.165, 1.54) is 11.3 Å². The molecule has 49 heavy (non-hydrogen) atoms. The normalized spacial score (nSPS) is 15.5. The van der Waals surface area contributed by atoms with Crippen molar-refractivity contribution >= 4 is 45.8 Å². The Hall–Kier alpha value is -3.87. The molecule has 6 atom stereocenters. The van der Waals surface area contributed by atoms with Gasteiger partial charge in [-0.2, -0.15) is 0 Å². The second kappa shape index (κ2) is 18.2. The molecule has 12 heteroatoms. The molecule has 1 heterocycles. The molecular weight excluding hydrogens is 643 g/mol. The summed E-state index contributed by atoms with van der Waals surface area (Å²) >= 11 is 1.35. The number of ether oxygens (including phenoxy) is 1. The number of aliphatic hydroxyl groups is 1. The summed E-state index contributed by atoms with van der Waals surface area (Å²) in [5.74, 6) is -2.53. The minimum atomic E-state index is -1.51. The SMILES string of the molecule is CCC(C)CNC(=O)C(N)[C@@H](O)[C@H](CC(C)C)C(=O)C(Cc1cscn1)NC(=O)[C@H](Cc1cccc2ccccc12)NC(=O)OC(C)(C)C. The number of rotatable bonds is 17. The van der Waals surface area contributed by atoms with Gasteiger partial charge in [0.2, 0.25) is 11.8 Å². The van der Waals surface area contributed by atoms with Gasteiger partial charge in [-0.05, 0) is 55.4 Å². The van der Waals surface area contributed by atoms with Crippen molar-refractivity contribution < 1.29 is 29.0 Å². The largest absolute Gasteiger partial charge is 0.444 e. The number of amides is 3. The zero-order valence-electron chi connectivity index (χ0n) is 29.7. The Bertz CT molecular complexity index is 1530. The Balaban J connectivity index is 1.95. The first kappa shape index (κ1) is 39.6. The first-order valence-electron chi connectivity index (χ1n) is 17.0. The van der Waals surface area contributed by atoms with Crippen molar-refractivity contribution in [1.29, 1.82) is 0 Å². The first-order chi connectivity index (χ1) is 23.1. The maximum absolute atomic E-state index is 14.4. The van der Waals surface area contributed by atoms with Gasteiger partial charge in [0.1, 0.15) is 17.7 Å². The van der Waals surface area contributed by atoms with E-state index in [1.54, 1.807) is 31.7 Å². The lowest BCUT2D eigenvalue weighted by molar-refractivity contribution is -0.136. The van der Waals surface area contributed by atoms with Crippen LogP contribution in [0.15, 0.2) is 53.4 Å². The lowest BCUT2D eigenvalue weighted by atomic mass is 9.81. The van der Waals surface area contributed by atoms with E-state index in [0.29, 0.717) is 12.2 Å². The highest BCUT2D eigenvalue weighted by Crippen LogP contribution is 2.24. The summed E-state index contributed by atoms with van der Waals surface area (Å²) in [6.45, 7) is 13.4. The van der Waals surface area contributed by atoms with Crippen molar-refractivity contribution in [1.82, 2.24) is 20.9 Å². The maximum atomic E-state index is 14.4. The standard InChI is InChI=1S/C37H53N5O6S/c1-8-23(4)19-39-35(46)31(38)33(44)28(16-22(2)3)32(43)29(18-26-20-49-21-40-26)41-34(45)30(42-36(47)48-37(5,6)7)17-25-14-11-13-24-12-9-10-15-27(24)25/h9-15,20-23,28-31,33,44H,8,16-19,38H2,1-7H3,(H,39,46)(H,41,45)(H,42,47)/t23?,28-,29?,30+,31?,33+/m1/s1. The number of hydrogen-bond donors (Lipinski definition) is 5. The Labute approximate surface area is 293 Å². The molecule has 0 saturated carbocycles. The summed E-state index contributed by atoms with van der Waals surface area (Å²) in [5, 5.41) is 23.5. The number of nitrogens with one attached hydrogen (secondary N) is 3. The van der Waals surface area contributed by atoms with Crippen LogP contribution in [-0.4, -0.2) is 70.2 Å². The van der Waals surface area contributed by atoms with Crippen LogP contribution in [0, 0.1) is 17.8 Å². The van der Waals surface area contributed by atoms with Crippen molar-refractivity contribution in [2.75, 3.05) is 6.54 Å². The van der Waals surface area contributed by atoms with Crippen molar-refractivity contribution in [2.24, 2.45) is 23.5 Å². The molecule has 1 aromatic heterocycles. The fourth-order valence-corrected chi connectivity index (χ4v) is 6.10. The topological polar surface area (TPSA) is 173 Å². The fourth-order valence-electron chi connectivity index (χ4n) is 5.52. The van der Waals surface area contributed by atoms with E-state index in [4.69, 9.17) is 10.5 Å². The number of nitrogens with zero attached hydrogens (tertiary/aromatic N) is 1. The number of hydrogen-bond acceptors (Lipinski definition) is 9. The highest BCUT2D eigenvalue weighted by Gasteiger charge is 2.39. The summed E-state index contributed by atoms with van der Waals surface area (Å²) in [4.78, 5) is 58.8. The highest BCUT2D eigenvalue weighted by molar-refractivity contribution is 7.07. The second-order valence-corrected chi connectivity index (χ2v) is 14.9. The van der Waals surface area contributed by atoms with E-state index in [0.717, 1.165) is 22.8 Å². The minimum absolute atomic E-state index is 0.0393. The molecule has 2 aromatic carbocycles. The van der Waals surface area contributed by atoms with Crippen LogP contribution in [0.3, 0.4) is 0 Å². The monoisotopic (exact) mass is 695 g/mol. The molecule has 0 aliphatic heterocycles. The number of aliphatic hydroxyl groups excluding tert-OH is 1. The van der Waals surface area contributed by atoms with Crippen LogP contribution in [0.25, 0.3) is 10.8 Å². The molecule has 3 unspecified atom stereocenters. The number of nitrogens with two attached hydrogens (primary N) is 1. The van der Waals surface area contributed by atoms with Gasteiger partial charge in [-0.3, -0.25) is 14.4 Å². The Morgan fingerprint density at radius 2 is 1.65 bits per heavy atom. The van der Waals surface area contributed by atoms with Crippen LogP contribution in [0.2, 0.25) is 0 Å². The molecule has 0 radical (unpaired) electrons. The average Bonchev–Trinajstić information content (AvgIpc) is 3.56. The molecule has 3 aromatic rings. The van der Waals surface area contributed by atoms with Gasteiger partial charge < -0.3 is 31.5 Å². The Morgan fingerprint density at radius 1 is 0.959 bits per heavy atom. The van der Waals surface area contributed by atoms with Crippen LogP contribution in [0.4, 0.5) is 4.79 Å². The molecule has 0 saturated heterocycles. The average molecular weight is 696 g/mol. The predicted octanol–water partition coefficient (Wildman–Crippen LogP) is 4.54. The molecule has 0 aliphatic rings. The summed E-state index contributed by atoms with van der Waals surface area (Å²) in [5.41, 5.74) is 8.46. The van der Waals surface area contributed by atoms with E-state index < -0.39 is 59.4 Å². The van der Waals surface area contributed by atoms with Crippen LogP contribution in [-0.2, 0) is 32.0 Å². The molecule has 0 aliphatic carbocycles. The van der Waals surface area contributed by atoms with E-state index in [2.05, 4.69) is 20.9 Å². The molecule has 0 bridgehead atoms. The van der Waals surface area contributed by atoms with Gasteiger partial charge in [0.05, 0.1) is 23.4 Å². The van der Waals surface area contributed by atoms with Gasteiger partial charge in [-0.15, -0.1) is 11.3 Å². The smallest absolute Gasteiger partial charge is 0.408 e. The third-order valence-corrected chi connectivity index (χ3v) is 9.00. The third kappa shape index (κ3) is 12.2. The molecule has 268 valence electrons. The summed E-state index contributed by atoms with van der Waals surface area (Å²) < 4.78 is 5.49. The number of thiazole rings is 1. The first-order valence-corrected chi connectivity index (χ1v) is 17.9. The molecule has 11 nitrogen and oxygen atoms in total. The number of carbonyl (C=O) groups excluding carboxylic acids is 4. The van der Waals surface area contributed by atoms with Gasteiger partial charge in [0.15, 0.2) is 5.78 Å². The van der Waals surface area contributed by atoms with Crippen molar-refractivity contribution in [3.63, 3.8) is 0 Å². The van der Waals surface area contributed by atoms with Crippen molar-refractivity contribution in [3.8, 4) is 0 Å². The number of benzene rings is 2. The highest BCUT2D eigenvalue weighted by atomic mass is 32.1. The number of fused-ring (bicyclic) bond motifs is 1. The molecule has 6 N–H and O–H groups in total. The van der Waals surface area contributed by atoms with Gasteiger partial charge in [0, 0.05) is 30.7 Å². The van der Waals surface area contributed by atoms with Gasteiger partial charge >= 0.3 is 6.09 Å². The summed E-state index contributed by atoms with van der Waals surface area (Å²) in [6.07, 6.45) is -1.05. The number of ketones is 1. The van der Waals surface area contributed by atoms with Crippen LogP contribution in [0.1, 0.15) is 72.6 Å². The summed E-state index contributed by atoms with van der Waals surface area (Å²) in [7, 11) is 0. The number of alkyl carbamates (subject to hydrolysis) is 1. The van der Waals surface area contributed by atoms with Crippen LogP contribution >= 0.6 is 11.3 Å². The molecule has 3 rings (SSSR count). The van der Waals surface area contributed by atoms with Crippen molar-refractivity contribution in [3.05, 3.63) is 64.6 Å². The van der Waals surface area contributed by atoms with E-state index in [-0.39, 0.29) is 31.1 Å². The number of carbonyl (C=O) groups is 4. The zero-order chi connectivity index (χ0) is 36.3. The fraction of sp³-hybridized carbons (Fsp3) is 0.541. The quantitative estimate of drug-likeness (QED) is 0.137. The molecule has 0 spiro atoms. The minimum Gasteiger partial charge on any atom is -0.444 e. The summed E-state index contributed by atoms with van der Waals surface area (Å²) in [6, 6.07) is 9.86. The van der Waals surface area contributed by atoms with Crippen LogP contribution < -0.4 is 21.7 Å². The van der Waals surface area contributed by atoms with E-state index in [1.807, 2.05) is 70.2 Å². The van der Waals surface area contributed by atoms with Gasteiger partial charge in [0.25, 0.3) is 0 Å². The van der Waals surface area contributed by atoms with Gasteiger partial charge in [-0.1, -0.05) is 76.6 Å². The Morgan fingerprint density at radius 3 is 2.29 bits per heavy atom. The predicted molar refractivity (Wildman–Crippen MR) is 193 cm³/mol. The number of aromatic nitrogens is 1. The molecule has 3 amide bonds. The Kier molecular flexibility index (Phi) is 14.7. The molecular formula is C37H53N5O6S. The van der Waals surface area contributed by atoms with Crippen LogP contribution in [0.5, 0.6) is 0 Å². The van der Waals surface area contributed by atoms with E-state index in [9.17, 15) is 24.3 Å². The lowest BCUT2D eigenvalue weighted by Crippen LogP contribution is -2.58. The molecule has 0 fully saturated rings. The third-order valence-electron chi connectivity index (χ3n) is 8.36. The maximum Gasteiger partial charge on any atom is 0.408 e. The second-order valence-electron chi connectivity index (χ2n) is 14.2. The van der Waals surface area contributed by atoms with Crippen molar-refractivity contribution in [2.45, 2.75) is 104 Å². The van der Waals surface area contributed by atoms with Gasteiger partial charge in [-0.25, -0.2) is 9.78 Å². The lowest BCUT2D eigenvalue weighted by Gasteiger charge is -2.31. The zero-order valence-corrected chi connectivity index (χ0v) is 30.5. The number of Topliss-reactive ketones (excluding diaryl/α,β-unsaturated/α-hetero) is 1. The van der Waals surface area contributed by atoms with E-state index >= 15 is 0 Å².